The Bertz CT molecular complexity index is 507. The molecule has 102 valence electrons. The van der Waals surface area contributed by atoms with Gasteiger partial charge in [0.1, 0.15) is 0 Å². The SMILES string of the molecule is CCC(C)(CO)NCc1nnnn1-c1ccccc1. The minimum absolute atomic E-state index is 0.0798. The van der Waals surface area contributed by atoms with Gasteiger partial charge in [-0.3, -0.25) is 0 Å². The van der Waals surface area contributed by atoms with Gasteiger partial charge < -0.3 is 10.4 Å². The van der Waals surface area contributed by atoms with Gasteiger partial charge >= 0.3 is 0 Å². The van der Waals surface area contributed by atoms with Gasteiger partial charge in [0, 0.05) is 5.54 Å². The summed E-state index contributed by atoms with van der Waals surface area (Å²) in [4.78, 5) is 0. The summed E-state index contributed by atoms with van der Waals surface area (Å²) >= 11 is 0. The number of hydrogen-bond acceptors (Lipinski definition) is 5. The Labute approximate surface area is 112 Å². The van der Waals surface area contributed by atoms with Crippen LogP contribution in [0.3, 0.4) is 0 Å². The molecule has 1 atom stereocenters. The topological polar surface area (TPSA) is 75.9 Å². The number of para-hydroxylation sites is 1. The zero-order chi connectivity index (χ0) is 13.7. The highest BCUT2D eigenvalue weighted by atomic mass is 16.3. The van der Waals surface area contributed by atoms with Crippen LogP contribution in [0.15, 0.2) is 30.3 Å². The van der Waals surface area contributed by atoms with Gasteiger partial charge in [-0.25, -0.2) is 0 Å². The molecule has 1 aromatic heterocycles. The van der Waals surface area contributed by atoms with Crippen molar-refractivity contribution >= 4 is 0 Å². The number of tetrazole rings is 1. The molecule has 0 saturated carbocycles. The second-order valence-corrected chi connectivity index (χ2v) is 4.77. The average Bonchev–Trinajstić information content (AvgIpc) is 2.94. The molecule has 0 aliphatic heterocycles. The molecule has 0 saturated heterocycles. The van der Waals surface area contributed by atoms with Crippen molar-refractivity contribution in [1.29, 1.82) is 0 Å². The van der Waals surface area contributed by atoms with Crippen molar-refractivity contribution in [3.05, 3.63) is 36.2 Å². The fraction of sp³-hybridized carbons (Fsp3) is 0.462. The van der Waals surface area contributed by atoms with Crippen LogP contribution in [0.5, 0.6) is 0 Å². The molecule has 0 aliphatic rings. The van der Waals surface area contributed by atoms with Crippen molar-refractivity contribution in [1.82, 2.24) is 25.5 Å². The summed E-state index contributed by atoms with van der Waals surface area (Å²) < 4.78 is 1.69. The van der Waals surface area contributed by atoms with Crippen molar-refractivity contribution < 1.29 is 5.11 Å². The Hall–Kier alpha value is -1.79. The Morgan fingerprint density at radius 2 is 2.05 bits per heavy atom. The molecule has 0 aliphatic carbocycles. The third-order valence-corrected chi connectivity index (χ3v) is 3.34. The number of aromatic nitrogens is 4. The van der Waals surface area contributed by atoms with Crippen molar-refractivity contribution in [2.45, 2.75) is 32.4 Å². The predicted molar refractivity (Wildman–Crippen MR) is 71.8 cm³/mol. The standard InChI is InChI=1S/C13H19N5O/c1-3-13(2,10-19)14-9-12-15-16-17-18(12)11-7-5-4-6-8-11/h4-8,14,19H,3,9-10H2,1-2H3. The molecule has 0 bridgehead atoms. The number of nitrogens with zero attached hydrogens (tertiary/aromatic N) is 4. The number of nitrogens with one attached hydrogen (secondary N) is 1. The second-order valence-electron chi connectivity index (χ2n) is 4.77. The van der Waals surface area contributed by atoms with Gasteiger partial charge in [0.05, 0.1) is 18.8 Å². The molecule has 19 heavy (non-hydrogen) atoms. The first-order valence-corrected chi connectivity index (χ1v) is 6.37. The molecule has 1 heterocycles. The van der Waals surface area contributed by atoms with Crippen LogP contribution in [0.25, 0.3) is 5.69 Å². The van der Waals surface area contributed by atoms with Crippen LogP contribution in [-0.2, 0) is 6.54 Å². The maximum absolute atomic E-state index is 9.38. The Morgan fingerprint density at radius 3 is 2.68 bits per heavy atom. The van der Waals surface area contributed by atoms with Gasteiger partial charge in [-0.1, -0.05) is 25.1 Å². The van der Waals surface area contributed by atoms with Gasteiger partial charge in [-0.15, -0.1) is 5.10 Å². The van der Waals surface area contributed by atoms with E-state index in [-0.39, 0.29) is 12.1 Å². The number of aliphatic hydroxyl groups excluding tert-OH is 1. The van der Waals surface area contributed by atoms with Crippen LogP contribution in [-0.4, -0.2) is 37.5 Å². The first-order valence-electron chi connectivity index (χ1n) is 6.37. The number of aliphatic hydroxyl groups is 1. The minimum atomic E-state index is -0.312. The number of rotatable bonds is 6. The van der Waals surface area contributed by atoms with Crippen LogP contribution in [0.2, 0.25) is 0 Å². The van der Waals surface area contributed by atoms with Gasteiger partial charge in [-0.05, 0) is 35.9 Å². The lowest BCUT2D eigenvalue weighted by Gasteiger charge is -2.26. The van der Waals surface area contributed by atoms with Gasteiger partial charge in [0.15, 0.2) is 5.82 Å². The molecule has 1 aromatic carbocycles. The summed E-state index contributed by atoms with van der Waals surface area (Å²) in [7, 11) is 0. The van der Waals surface area contributed by atoms with Crippen LogP contribution in [0.1, 0.15) is 26.1 Å². The van der Waals surface area contributed by atoms with E-state index in [1.807, 2.05) is 44.2 Å². The summed E-state index contributed by atoms with van der Waals surface area (Å²) in [6, 6.07) is 9.73. The Kier molecular flexibility index (Phi) is 4.24. The highest BCUT2D eigenvalue weighted by Crippen LogP contribution is 2.11. The molecule has 0 spiro atoms. The summed E-state index contributed by atoms with van der Waals surface area (Å²) in [6.07, 6.45) is 0.830. The molecular formula is C13H19N5O. The lowest BCUT2D eigenvalue weighted by molar-refractivity contribution is 0.167. The minimum Gasteiger partial charge on any atom is -0.394 e. The molecule has 2 aromatic rings. The number of hydrogen-bond donors (Lipinski definition) is 2. The lowest BCUT2D eigenvalue weighted by Crippen LogP contribution is -2.45. The monoisotopic (exact) mass is 261 g/mol. The third-order valence-electron chi connectivity index (χ3n) is 3.34. The molecule has 1 unspecified atom stereocenters. The summed E-state index contributed by atoms with van der Waals surface area (Å²) in [5.74, 6) is 0.722. The second kappa shape index (κ2) is 5.90. The summed E-state index contributed by atoms with van der Waals surface area (Å²) in [5, 5.41) is 24.4. The summed E-state index contributed by atoms with van der Waals surface area (Å²) in [6.45, 7) is 4.59. The van der Waals surface area contributed by atoms with E-state index in [4.69, 9.17) is 0 Å². The van der Waals surface area contributed by atoms with Gasteiger partial charge in [0.2, 0.25) is 0 Å². The van der Waals surface area contributed by atoms with Gasteiger partial charge in [0.25, 0.3) is 0 Å². The molecule has 2 N–H and O–H groups in total. The fourth-order valence-electron chi connectivity index (χ4n) is 1.67. The van der Waals surface area contributed by atoms with E-state index in [1.54, 1.807) is 4.68 Å². The molecule has 0 radical (unpaired) electrons. The zero-order valence-corrected chi connectivity index (χ0v) is 11.2. The van der Waals surface area contributed by atoms with Crippen molar-refractivity contribution in [2.24, 2.45) is 0 Å². The maximum Gasteiger partial charge on any atom is 0.170 e. The quantitative estimate of drug-likeness (QED) is 0.808. The lowest BCUT2D eigenvalue weighted by atomic mass is 10.0. The normalized spacial score (nSPS) is 14.3. The van der Waals surface area contributed by atoms with Crippen LogP contribution >= 0.6 is 0 Å². The smallest absolute Gasteiger partial charge is 0.170 e. The van der Waals surface area contributed by atoms with Crippen LogP contribution in [0, 0.1) is 0 Å². The van der Waals surface area contributed by atoms with E-state index in [0.717, 1.165) is 17.9 Å². The highest BCUT2D eigenvalue weighted by Gasteiger charge is 2.21. The molecule has 6 heteroatoms. The van der Waals surface area contributed by atoms with E-state index in [9.17, 15) is 5.11 Å². The van der Waals surface area contributed by atoms with Crippen LogP contribution < -0.4 is 5.32 Å². The fourth-order valence-corrected chi connectivity index (χ4v) is 1.67. The van der Waals surface area contributed by atoms with Crippen molar-refractivity contribution in [3.63, 3.8) is 0 Å². The third kappa shape index (κ3) is 3.15. The Morgan fingerprint density at radius 1 is 1.32 bits per heavy atom. The molecule has 2 rings (SSSR count). The van der Waals surface area contributed by atoms with Gasteiger partial charge in [-0.2, -0.15) is 4.68 Å². The largest absolute Gasteiger partial charge is 0.394 e. The van der Waals surface area contributed by atoms with Crippen molar-refractivity contribution in [2.75, 3.05) is 6.61 Å². The van der Waals surface area contributed by atoms with E-state index in [1.165, 1.54) is 0 Å². The average molecular weight is 261 g/mol. The van der Waals surface area contributed by atoms with Crippen molar-refractivity contribution in [3.8, 4) is 5.69 Å². The highest BCUT2D eigenvalue weighted by molar-refractivity contribution is 5.30. The van der Waals surface area contributed by atoms with E-state index in [2.05, 4.69) is 20.8 Å². The molecule has 6 nitrogen and oxygen atoms in total. The summed E-state index contributed by atoms with van der Waals surface area (Å²) in [5.41, 5.74) is 0.611. The zero-order valence-electron chi connectivity index (χ0n) is 11.2. The van der Waals surface area contributed by atoms with E-state index >= 15 is 0 Å². The van der Waals surface area contributed by atoms with E-state index in [0.29, 0.717) is 6.54 Å². The molecule has 0 fully saturated rings. The predicted octanol–water partition coefficient (Wildman–Crippen LogP) is 0.913. The molecule has 0 amide bonds. The number of benzene rings is 1. The first-order chi connectivity index (χ1) is 9.18. The Balaban J connectivity index is 2.13. The first kappa shape index (κ1) is 13.6. The molecular weight excluding hydrogens is 242 g/mol. The van der Waals surface area contributed by atoms with Crippen LogP contribution in [0.4, 0.5) is 0 Å². The maximum atomic E-state index is 9.38. The van der Waals surface area contributed by atoms with E-state index < -0.39 is 0 Å².